The van der Waals surface area contributed by atoms with Gasteiger partial charge >= 0.3 is 0 Å². The summed E-state index contributed by atoms with van der Waals surface area (Å²) in [4.78, 5) is 2.18. The third-order valence-corrected chi connectivity index (χ3v) is 2.11. The Kier molecular flexibility index (Phi) is 2.09. The largest absolute Gasteiger partial charge is 0.391 e. The predicted molar refractivity (Wildman–Crippen MR) is 37.3 cm³/mol. The van der Waals surface area contributed by atoms with Crippen LogP contribution in [0.4, 0.5) is 0 Å². The van der Waals surface area contributed by atoms with Gasteiger partial charge in [0.2, 0.25) is 0 Å². The van der Waals surface area contributed by atoms with Crippen molar-refractivity contribution in [1.29, 1.82) is 0 Å². The van der Waals surface area contributed by atoms with Crippen LogP contribution in [-0.2, 0) is 0 Å². The van der Waals surface area contributed by atoms with Crippen LogP contribution in [0.25, 0.3) is 0 Å². The second-order valence-electron chi connectivity index (χ2n) is 2.96. The number of β-amino-alcohol motifs (C(OH)–C–C–N with tert-alkyl or cyclic N) is 1. The molecular formula is C7H15NO. The van der Waals surface area contributed by atoms with E-state index in [4.69, 9.17) is 0 Å². The maximum Gasteiger partial charge on any atom is 0.0707 e. The second kappa shape index (κ2) is 2.67. The molecule has 0 amide bonds. The number of aliphatic hydroxyl groups is 1. The van der Waals surface area contributed by atoms with E-state index in [1.165, 1.54) is 0 Å². The first-order valence-electron chi connectivity index (χ1n) is 3.60. The van der Waals surface area contributed by atoms with Crippen molar-refractivity contribution >= 4 is 0 Å². The van der Waals surface area contributed by atoms with Gasteiger partial charge in [-0.2, -0.15) is 0 Å². The van der Waals surface area contributed by atoms with Crippen LogP contribution in [0.15, 0.2) is 0 Å². The first-order chi connectivity index (χ1) is 4.24. The van der Waals surface area contributed by atoms with E-state index in [1.807, 2.05) is 0 Å². The molecular weight excluding hydrogens is 114 g/mol. The van der Waals surface area contributed by atoms with Gasteiger partial charge in [0.05, 0.1) is 6.10 Å². The molecule has 1 saturated heterocycles. The van der Waals surface area contributed by atoms with E-state index in [0.29, 0.717) is 5.92 Å². The number of nitrogens with zero attached hydrogens (tertiary/aromatic N) is 1. The molecule has 9 heavy (non-hydrogen) atoms. The molecule has 1 N–H and O–H groups in total. The molecule has 2 atom stereocenters. The molecule has 0 aliphatic carbocycles. The third-order valence-electron chi connectivity index (χ3n) is 2.11. The van der Waals surface area contributed by atoms with Gasteiger partial charge in [-0.15, -0.1) is 0 Å². The zero-order valence-corrected chi connectivity index (χ0v) is 6.17. The molecule has 0 radical (unpaired) electrons. The monoisotopic (exact) mass is 129 g/mol. The summed E-state index contributed by atoms with van der Waals surface area (Å²) in [5.74, 6) is 0.523. The quantitative estimate of drug-likeness (QED) is 0.551. The number of hydrogen-bond acceptors (Lipinski definition) is 2. The van der Waals surface area contributed by atoms with Gasteiger partial charge in [-0.3, -0.25) is 0 Å². The maximum atomic E-state index is 9.32. The lowest BCUT2D eigenvalue weighted by Crippen LogP contribution is -2.17. The lowest BCUT2D eigenvalue weighted by Gasteiger charge is -2.08. The number of rotatable bonds is 1. The van der Waals surface area contributed by atoms with Crippen molar-refractivity contribution in [3.05, 3.63) is 0 Å². The van der Waals surface area contributed by atoms with Gasteiger partial charge in [0.15, 0.2) is 0 Å². The number of aliphatic hydroxyl groups excluding tert-OH is 1. The molecule has 1 aliphatic rings. The molecule has 0 bridgehead atoms. The zero-order valence-electron chi connectivity index (χ0n) is 6.17. The van der Waals surface area contributed by atoms with Gasteiger partial charge in [0, 0.05) is 13.1 Å². The normalized spacial score (nSPS) is 37.7. The molecule has 0 aromatic heterocycles. The summed E-state index contributed by atoms with van der Waals surface area (Å²) in [6.45, 7) is 4.06. The van der Waals surface area contributed by atoms with Crippen LogP contribution in [0.3, 0.4) is 0 Å². The summed E-state index contributed by atoms with van der Waals surface area (Å²) < 4.78 is 0. The molecule has 54 valence electrons. The highest BCUT2D eigenvalue weighted by Crippen LogP contribution is 2.17. The minimum Gasteiger partial charge on any atom is -0.391 e. The predicted octanol–water partition coefficient (Wildman–Crippen LogP) is 0.319. The number of likely N-dealkylation sites (N-methyl/N-ethyl adjacent to an activating group) is 1. The molecule has 0 spiro atoms. The molecule has 0 unspecified atom stereocenters. The van der Waals surface area contributed by atoms with Gasteiger partial charge < -0.3 is 10.0 Å². The Morgan fingerprint density at radius 3 is 2.44 bits per heavy atom. The SMILES string of the molecule is CC[C@H]1CN(C)C[C@@H]1O. The summed E-state index contributed by atoms with van der Waals surface area (Å²) in [7, 11) is 2.05. The first-order valence-corrected chi connectivity index (χ1v) is 3.60. The molecule has 1 fully saturated rings. The smallest absolute Gasteiger partial charge is 0.0707 e. The van der Waals surface area contributed by atoms with Crippen LogP contribution in [0, 0.1) is 5.92 Å². The molecule has 2 heteroatoms. The summed E-state index contributed by atoms with van der Waals surface area (Å²) in [5.41, 5.74) is 0. The van der Waals surface area contributed by atoms with Crippen LogP contribution < -0.4 is 0 Å². The van der Waals surface area contributed by atoms with Gasteiger partial charge in [-0.05, 0) is 19.4 Å². The molecule has 1 aliphatic heterocycles. The van der Waals surface area contributed by atoms with Crippen molar-refractivity contribution in [2.24, 2.45) is 5.92 Å². The average Bonchev–Trinajstić information content (AvgIpc) is 2.10. The number of likely N-dealkylation sites (tertiary alicyclic amines) is 1. The second-order valence-corrected chi connectivity index (χ2v) is 2.96. The molecule has 0 aromatic carbocycles. The van der Waals surface area contributed by atoms with E-state index in [-0.39, 0.29) is 6.10 Å². The third kappa shape index (κ3) is 1.43. The Labute approximate surface area is 56.5 Å². The average molecular weight is 129 g/mol. The van der Waals surface area contributed by atoms with Crippen molar-refractivity contribution in [2.45, 2.75) is 19.4 Å². The van der Waals surface area contributed by atoms with Crippen molar-refractivity contribution in [3.63, 3.8) is 0 Å². The van der Waals surface area contributed by atoms with Gasteiger partial charge in [-0.25, -0.2) is 0 Å². The van der Waals surface area contributed by atoms with Gasteiger partial charge in [0.25, 0.3) is 0 Å². The van der Waals surface area contributed by atoms with Crippen LogP contribution in [0.5, 0.6) is 0 Å². The van der Waals surface area contributed by atoms with E-state index in [9.17, 15) is 5.11 Å². The van der Waals surface area contributed by atoms with Gasteiger partial charge in [-0.1, -0.05) is 6.92 Å². The Morgan fingerprint density at radius 1 is 1.56 bits per heavy atom. The van der Waals surface area contributed by atoms with Crippen molar-refractivity contribution < 1.29 is 5.11 Å². The highest BCUT2D eigenvalue weighted by atomic mass is 16.3. The van der Waals surface area contributed by atoms with Crippen LogP contribution in [0.1, 0.15) is 13.3 Å². The Bertz CT molecular complexity index is 94.9. The molecule has 0 saturated carbocycles. The first kappa shape index (κ1) is 7.03. The topological polar surface area (TPSA) is 23.5 Å². The Balaban J connectivity index is 2.38. The Morgan fingerprint density at radius 2 is 2.22 bits per heavy atom. The fourth-order valence-electron chi connectivity index (χ4n) is 1.47. The summed E-state index contributed by atoms with van der Waals surface area (Å²) in [6, 6.07) is 0. The highest BCUT2D eigenvalue weighted by Gasteiger charge is 2.26. The fraction of sp³-hybridized carbons (Fsp3) is 1.00. The van der Waals surface area contributed by atoms with E-state index < -0.39 is 0 Å². The van der Waals surface area contributed by atoms with Crippen molar-refractivity contribution in [3.8, 4) is 0 Å². The minimum absolute atomic E-state index is 0.0694. The van der Waals surface area contributed by atoms with E-state index in [1.54, 1.807) is 0 Å². The molecule has 0 aromatic rings. The highest BCUT2D eigenvalue weighted by molar-refractivity contribution is 4.80. The lowest BCUT2D eigenvalue weighted by molar-refractivity contribution is 0.141. The van der Waals surface area contributed by atoms with Crippen molar-refractivity contribution in [1.82, 2.24) is 4.90 Å². The zero-order chi connectivity index (χ0) is 6.85. The summed E-state index contributed by atoms with van der Waals surface area (Å²) in [6.07, 6.45) is 1.03. The standard InChI is InChI=1S/C7H15NO/c1-3-6-4-8(2)5-7(6)9/h6-7,9H,3-5H2,1-2H3/t6-,7-/m0/s1. The van der Waals surface area contributed by atoms with E-state index >= 15 is 0 Å². The lowest BCUT2D eigenvalue weighted by atomic mass is 10.0. The molecule has 1 rings (SSSR count). The van der Waals surface area contributed by atoms with Crippen LogP contribution in [-0.4, -0.2) is 36.2 Å². The van der Waals surface area contributed by atoms with Crippen LogP contribution in [0.2, 0.25) is 0 Å². The molecule has 1 heterocycles. The fourth-order valence-corrected chi connectivity index (χ4v) is 1.47. The van der Waals surface area contributed by atoms with Gasteiger partial charge in [0.1, 0.15) is 0 Å². The summed E-state index contributed by atoms with van der Waals surface area (Å²) in [5, 5.41) is 9.32. The molecule has 2 nitrogen and oxygen atoms in total. The number of hydrogen-bond donors (Lipinski definition) is 1. The van der Waals surface area contributed by atoms with Crippen LogP contribution >= 0.6 is 0 Å². The Hall–Kier alpha value is -0.0800. The van der Waals surface area contributed by atoms with E-state index in [0.717, 1.165) is 19.5 Å². The van der Waals surface area contributed by atoms with Crippen molar-refractivity contribution in [2.75, 3.05) is 20.1 Å². The van der Waals surface area contributed by atoms with E-state index in [2.05, 4.69) is 18.9 Å². The maximum absolute atomic E-state index is 9.32. The summed E-state index contributed by atoms with van der Waals surface area (Å²) >= 11 is 0. The minimum atomic E-state index is -0.0694.